The molecular formula is C81H60N2. The largest absolute Gasteiger partial charge is 0.311 e. The Labute approximate surface area is 487 Å². The zero-order chi connectivity index (χ0) is 55.3. The Kier molecular flexibility index (Phi) is 14.0. The van der Waals surface area contributed by atoms with Crippen LogP contribution in [0.25, 0.3) is 94.3 Å². The summed E-state index contributed by atoms with van der Waals surface area (Å²) in [5.41, 5.74) is 25.1. The Balaban J connectivity index is 0.814. The summed E-state index contributed by atoms with van der Waals surface area (Å²) in [7, 11) is 0. The second-order valence-corrected chi connectivity index (χ2v) is 21.6. The molecule has 1 unspecified atom stereocenters. The molecule has 0 aliphatic rings. The van der Waals surface area contributed by atoms with Crippen molar-refractivity contribution in [2.75, 3.05) is 4.90 Å². The van der Waals surface area contributed by atoms with E-state index in [0.717, 1.165) is 46.6 Å². The van der Waals surface area contributed by atoms with Crippen LogP contribution in [-0.4, -0.2) is 4.57 Å². The first-order chi connectivity index (χ1) is 41.1. The molecule has 0 N–H and O–H groups in total. The van der Waals surface area contributed by atoms with Crippen LogP contribution in [0.5, 0.6) is 0 Å². The average Bonchev–Trinajstić information content (AvgIpc) is 3.50. The van der Waals surface area contributed by atoms with E-state index in [0.29, 0.717) is 5.92 Å². The van der Waals surface area contributed by atoms with Gasteiger partial charge in [-0.3, -0.25) is 0 Å². The van der Waals surface area contributed by atoms with Crippen molar-refractivity contribution in [3.8, 4) is 72.4 Å². The molecule has 0 aliphatic heterocycles. The van der Waals surface area contributed by atoms with Gasteiger partial charge in [0.25, 0.3) is 0 Å². The van der Waals surface area contributed by atoms with E-state index < -0.39 is 0 Å². The van der Waals surface area contributed by atoms with Crippen LogP contribution < -0.4 is 4.90 Å². The van der Waals surface area contributed by atoms with Gasteiger partial charge in [0, 0.05) is 39.3 Å². The molecule has 0 radical (unpaired) electrons. The number of nitrogens with zero attached hydrogens (tertiary/aromatic N) is 2. The van der Waals surface area contributed by atoms with Crippen LogP contribution in [0.15, 0.2) is 334 Å². The van der Waals surface area contributed by atoms with Gasteiger partial charge in [-0.15, -0.1) is 0 Å². The zero-order valence-corrected chi connectivity index (χ0v) is 46.1. The minimum Gasteiger partial charge on any atom is -0.311 e. The maximum Gasteiger partial charge on any atom is 0.0541 e. The highest BCUT2D eigenvalue weighted by molar-refractivity contribution is 6.12. The highest BCUT2D eigenvalue weighted by Crippen LogP contribution is 2.42. The number of hydrogen-bond acceptors (Lipinski definition) is 1. The fraction of sp³-hybridized carbons (Fsp3) is 0.0370. The Morgan fingerprint density at radius 3 is 1.10 bits per heavy atom. The summed E-state index contributed by atoms with van der Waals surface area (Å²) in [6.07, 6.45) is 2.08. The molecule has 0 amide bonds. The molecule has 0 fully saturated rings. The van der Waals surface area contributed by atoms with E-state index >= 15 is 0 Å². The van der Waals surface area contributed by atoms with Crippen molar-refractivity contribution < 1.29 is 0 Å². The van der Waals surface area contributed by atoms with Crippen molar-refractivity contribution in [1.29, 1.82) is 0 Å². The lowest BCUT2D eigenvalue weighted by molar-refractivity contribution is 0.715. The highest BCUT2D eigenvalue weighted by atomic mass is 15.1. The maximum absolute atomic E-state index is 2.48. The molecule has 1 aromatic heterocycles. The van der Waals surface area contributed by atoms with Gasteiger partial charge in [0.05, 0.1) is 16.7 Å². The van der Waals surface area contributed by atoms with E-state index in [4.69, 9.17) is 0 Å². The number of anilines is 3. The molecule has 0 bridgehead atoms. The molecule has 83 heavy (non-hydrogen) atoms. The molecule has 0 saturated heterocycles. The van der Waals surface area contributed by atoms with Crippen LogP contribution in [0.2, 0.25) is 0 Å². The van der Waals surface area contributed by atoms with Crippen LogP contribution in [0.4, 0.5) is 17.1 Å². The molecule has 394 valence electrons. The SMILES string of the molecule is c1ccc(CCC(c2ccccc2)c2ccc(-c3ccc(-c4ccc5c(c4)c4cc(-c6ccc(-c7ccc(N(c8ccccc8)c8ccccc8)cc7)cc6)ccc4n5-c4ccc(-c5ccccc5)cc4-c4ccccc4)cc3)cc2)cc1. The first-order valence-electron chi connectivity index (χ1n) is 28.9. The van der Waals surface area contributed by atoms with Crippen LogP contribution in [0.1, 0.15) is 29.0 Å². The summed E-state index contributed by atoms with van der Waals surface area (Å²) in [5, 5.41) is 2.42. The number of aryl methyl sites for hydroxylation is 1. The first kappa shape index (κ1) is 50.7. The molecule has 0 aliphatic carbocycles. The monoisotopic (exact) mass is 1060 g/mol. The summed E-state index contributed by atoms with van der Waals surface area (Å²) >= 11 is 0. The van der Waals surface area contributed by atoms with E-state index in [9.17, 15) is 0 Å². The van der Waals surface area contributed by atoms with Crippen LogP contribution in [-0.2, 0) is 6.42 Å². The van der Waals surface area contributed by atoms with Crippen molar-refractivity contribution in [3.05, 3.63) is 350 Å². The van der Waals surface area contributed by atoms with Crippen molar-refractivity contribution in [3.63, 3.8) is 0 Å². The average molecular weight is 1060 g/mol. The van der Waals surface area contributed by atoms with E-state index in [-0.39, 0.29) is 0 Å². The molecule has 1 atom stereocenters. The third-order valence-electron chi connectivity index (χ3n) is 16.5. The van der Waals surface area contributed by atoms with Crippen molar-refractivity contribution in [2.45, 2.75) is 18.8 Å². The molecule has 13 aromatic carbocycles. The maximum atomic E-state index is 2.48. The lowest BCUT2D eigenvalue weighted by atomic mass is 9.85. The summed E-state index contributed by atoms with van der Waals surface area (Å²) in [4.78, 5) is 2.30. The smallest absolute Gasteiger partial charge is 0.0541 e. The van der Waals surface area contributed by atoms with E-state index in [1.165, 1.54) is 94.2 Å². The topological polar surface area (TPSA) is 8.17 Å². The third-order valence-corrected chi connectivity index (χ3v) is 16.5. The second-order valence-electron chi connectivity index (χ2n) is 21.6. The van der Waals surface area contributed by atoms with Gasteiger partial charge in [0.15, 0.2) is 0 Å². The van der Waals surface area contributed by atoms with Gasteiger partial charge < -0.3 is 9.47 Å². The summed E-state index contributed by atoms with van der Waals surface area (Å²) < 4.78 is 2.48. The van der Waals surface area contributed by atoms with Crippen LogP contribution >= 0.6 is 0 Å². The standard InChI is InChI=1S/C81H60N2/c1-7-19-58(20-8-1)31-51-75(66-23-11-3-12-24-66)68-42-40-62(41-43-68)60-32-36-64(37-33-60)70-47-53-80-77(56-70)78-57-71(48-54-81(78)83(80)79-52-46-69(59-21-9-2-10-22-59)55-76(79)67-25-13-4-14-26-67)65-38-34-61(35-39-65)63-44-49-74(50-45-63)82(72-27-15-5-16-28-72)73-29-17-6-18-30-73/h1-30,32-50,52-57,75H,31,51H2. The number of aromatic nitrogens is 1. The van der Waals surface area contributed by atoms with E-state index in [1.807, 2.05) is 0 Å². The van der Waals surface area contributed by atoms with E-state index in [1.54, 1.807) is 0 Å². The van der Waals surface area contributed by atoms with Gasteiger partial charge in [-0.2, -0.15) is 0 Å². The Bertz CT molecular complexity index is 4420. The number of rotatable bonds is 15. The fourth-order valence-corrected chi connectivity index (χ4v) is 12.2. The molecule has 2 heteroatoms. The Hall–Kier alpha value is -10.5. The van der Waals surface area contributed by atoms with Crippen LogP contribution in [0, 0.1) is 0 Å². The minimum absolute atomic E-state index is 0.316. The quantitative estimate of drug-likeness (QED) is 0.0993. The predicted octanol–water partition coefficient (Wildman–Crippen LogP) is 22.0. The number of benzene rings is 13. The van der Waals surface area contributed by atoms with Crippen LogP contribution in [0.3, 0.4) is 0 Å². The van der Waals surface area contributed by atoms with Gasteiger partial charge >= 0.3 is 0 Å². The molecule has 14 aromatic rings. The van der Waals surface area contributed by atoms with Crippen molar-refractivity contribution in [1.82, 2.24) is 4.57 Å². The lowest BCUT2D eigenvalue weighted by Gasteiger charge is -2.25. The van der Waals surface area contributed by atoms with Gasteiger partial charge in [0.2, 0.25) is 0 Å². The first-order valence-corrected chi connectivity index (χ1v) is 28.9. The predicted molar refractivity (Wildman–Crippen MR) is 351 cm³/mol. The summed E-state index contributed by atoms with van der Waals surface area (Å²) in [5.74, 6) is 0.316. The number of para-hydroxylation sites is 2. The van der Waals surface area contributed by atoms with Gasteiger partial charge in [-0.25, -0.2) is 0 Å². The Morgan fingerprint density at radius 1 is 0.265 bits per heavy atom. The fourth-order valence-electron chi connectivity index (χ4n) is 12.2. The molecule has 1 heterocycles. The molecule has 0 spiro atoms. The van der Waals surface area contributed by atoms with Crippen molar-refractivity contribution in [2.24, 2.45) is 0 Å². The molecule has 2 nitrogen and oxygen atoms in total. The lowest BCUT2D eigenvalue weighted by Crippen LogP contribution is -2.09. The summed E-state index contributed by atoms with van der Waals surface area (Å²) in [6.45, 7) is 0. The van der Waals surface area contributed by atoms with Gasteiger partial charge in [0.1, 0.15) is 0 Å². The minimum atomic E-state index is 0.316. The highest BCUT2D eigenvalue weighted by Gasteiger charge is 2.20. The normalized spacial score (nSPS) is 11.7. The van der Waals surface area contributed by atoms with E-state index in [2.05, 4.69) is 343 Å². The van der Waals surface area contributed by atoms with Gasteiger partial charge in [-0.05, 0) is 164 Å². The molecule has 14 rings (SSSR count). The molecular weight excluding hydrogens is 1000 g/mol. The number of hydrogen-bond donors (Lipinski definition) is 0. The molecule has 0 saturated carbocycles. The summed E-state index contributed by atoms with van der Waals surface area (Å²) in [6, 6.07) is 122. The van der Waals surface area contributed by atoms with Crippen molar-refractivity contribution >= 4 is 38.9 Å². The number of fused-ring (bicyclic) bond motifs is 3. The Morgan fingerprint density at radius 2 is 0.602 bits per heavy atom. The zero-order valence-electron chi connectivity index (χ0n) is 46.1. The third kappa shape index (κ3) is 10.5. The van der Waals surface area contributed by atoms with Gasteiger partial charge in [-0.1, -0.05) is 261 Å². The second kappa shape index (κ2) is 22.9.